The Morgan fingerprint density at radius 1 is 1.33 bits per heavy atom. The Kier molecular flexibility index (Phi) is 3.06. The third-order valence-electron chi connectivity index (χ3n) is 3.67. The number of amides is 1. The van der Waals surface area contributed by atoms with Gasteiger partial charge in [0.1, 0.15) is 0 Å². The van der Waals surface area contributed by atoms with E-state index in [0.717, 1.165) is 25.3 Å². The zero-order valence-electron chi connectivity index (χ0n) is 10.5. The van der Waals surface area contributed by atoms with Gasteiger partial charge in [0.2, 0.25) is 5.91 Å². The number of morpholine rings is 1. The van der Waals surface area contributed by atoms with Crippen LogP contribution in [0.4, 0.5) is 5.69 Å². The summed E-state index contributed by atoms with van der Waals surface area (Å²) in [5, 5.41) is 6.33. The molecule has 3 rings (SSSR count). The highest BCUT2D eigenvalue weighted by atomic mass is 16.5. The second-order valence-electron chi connectivity index (χ2n) is 5.00. The van der Waals surface area contributed by atoms with Gasteiger partial charge in [-0.2, -0.15) is 0 Å². The van der Waals surface area contributed by atoms with Crippen LogP contribution < -0.4 is 10.6 Å². The van der Waals surface area contributed by atoms with Crippen molar-refractivity contribution in [2.24, 2.45) is 0 Å². The summed E-state index contributed by atoms with van der Waals surface area (Å²) < 4.78 is 5.84. The average Bonchev–Trinajstić information content (AvgIpc) is 2.39. The molecule has 2 atom stereocenters. The highest BCUT2D eigenvalue weighted by Crippen LogP contribution is 2.29. The highest BCUT2D eigenvalue weighted by molar-refractivity contribution is 5.93. The van der Waals surface area contributed by atoms with Gasteiger partial charge in [-0.15, -0.1) is 0 Å². The van der Waals surface area contributed by atoms with Gasteiger partial charge < -0.3 is 15.4 Å². The fraction of sp³-hybridized carbons (Fsp3) is 0.500. The Labute approximate surface area is 107 Å². The van der Waals surface area contributed by atoms with Crippen molar-refractivity contribution in [3.05, 3.63) is 29.3 Å². The number of fused-ring (bicyclic) bond motifs is 1. The van der Waals surface area contributed by atoms with Crippen molar-refractivity contribution < 1.29 is 9.53 Å². The molecular formula is C14H18N2O2. The zero-order chi connectivity index (χ0) is 12.5. The predicted octanol–water partition coefficient (Wildman–Crippen LogP) is 1.62. The quantitative estimate of drug-likeness (QED) is 0.791. The Morgan fingerprint density at radius 3 is 3.06 bits per heavy atom. The standard InChI is InChI=1S/C14H18N2O2/c1-9-14(18-7-6-15-9)11-2-4-12-10(8-11)3-5-13(17)16-12/h2,4,8-9,14-15H,3,5-7H2,1H3,(H,16,17). The molecule has 2 N–H and O–H groups in total. The maximum Gasteiger partial charge on any atom is 0.224 e. The van der Waals surface area contributed by atoms with Crippen molar-refractivity contribution in [2.45, 2.75) is 31.9 Å². The van der Waals surface area contributed by atoms with Gasteiger partial charge in [-0.05, 0) is 30.5 Å². The van der Waals surface area contributed by atoms with Crippen LogP contribution >= 0.6 is 0 Å². The van der Waals surface area contributed by atoms with E-state index >= 15 is 0 Å². The summed E-state index contributed by atoms with van der Waals surface area (Å²) >= 11 is 0. The van der Waals surface area contributed by atoms with Crippen molar-refractivity contribution in [2.75, 3.05) is 18.5 Å². The molecule has 0 aromatic heterocycles. The molecule has 18 heavy (non-hydrogen) atoms. The highest BCUT2D eigenvalue weighted by Gasteiger charge is 2.24. The van der Waals surface area contributed by atoms with Crippen LogP contribution in [0, 0.1) is 0 Å². The average molecular weight is 246 g/mol. The molecule has 1 fully saturated rings. The van der Waals surface area contributed by atoms with E-state index in [1.807, 2.05) is 6.07 Å². The van der Waals surface area contributed by atoms with E-state index in [4.69, 9.17) is 4.74 Å². The second-order valence-corrected chi connectivity index (χ2v) is 5.00. The van der Waals surface area contributed by atoms with Gasteiger partial charge in [0.15, 0.2) is 0 Å². The smallest absolute Gasteiger partial charge is 0.224 e. The summed E-state index contributed by atoms with van der Waals surface area (Å²) in [6, 6.07) is 6.54. The molecule has 0 aliphatic carbocycles. The minimum atomic E-state index is 0.110. The molecule has 1 aromatic carbocycles. The summed E-state index contributed by atoms with van der Waals surface area (Å²) in [6.07, 6.45) is 1.51. The van der Waals surface area contributed by atoms with Crippen LogP contribution in [0.3, 0.4) is 0 Å². The van der Waals surface area contributed by atoms with Gasteiger partial charge in [0, 0.05) is 24.7 Å². The van der Waals surface area contributed by atoms with E-state index in [1.165, 1.54) is 11.1 Å². The Bertz CT molecular complexity index is 473. The second kappa shape index (κ2) is 4.71. The number of nitrogens with one attached hydrogen (secondary N) is 2. The Morgan fingerprint density at radius 2 is 2.22 bits per heavy atom. The molecule has 4 nitrogen and oxygen atoms in total. The van der Waals surface area contributed by atoms with Crippen LogP contribution in [0.15, 0.2) is 18.2 Å². The van der Waals surface area contributed by atoms with E-state index < -0.39 is 0 Å². The van der Waals surface area contributed by atoms with E-state index in [2.05, 4.69) is 29.7 Å². The number of ether oxygens (including phenoxy) is 1. The monoisotopic (exact) mass is 246 g/mol. The summed E-state index contributed by atoms with van der Waals surface area (Å²) in [5.74, 6) is 0.110. The maximum atomic E-state index is 11.3. The van der Waals surface area contributed by atoms with E-state index in [9.17, 15) is 4.79 Å². The molecule has 0 bridgehead atoms. The number of benzene rings is 1. The SMILES string of the molecule is CC1NCCOC1c1ccc2c(c1)CCC(=O)N2. The number of carbonyl (C=O) groups excluding carboxylic acids is 1. The molecule has 1 aromatic rings. The zero-order valence-corrected chi connectivity index (χ0v) is 10.5. The topological polar surface area (TPSA) is 50.4 Å². The van der Waals surface area contributed by atoms with Crippen LogP contribution in [0.25, 0.3) is 0 Å². The summed E-state index contributed by atoms with van der Waals surface area (Å²) in [5.41, 5.74) is 3.37. The van der Waals surface area contributed by atoms with Crippen LogP contribution in [0.2, 0.25) is 0 Å². The van der Waals surface area contributed by atoms with Crippen LogP contribution in [-0.4, -0.2) is 25.1 Å². The minimum absolute atomic E-state index is 0.110. The molecule has 0 spiro atoms. The van der Waals surface area contributed by atoms with Crippen molar-refractivity contribution in [1.82, 2.24) is 5.32 Å². The van der Waals surface area contributed by atoms with Crippen LogP contribution in [-0.2, 0) is 16.0 Å². The molecule has 2 aliphatic rings. The number of anilines is 1. The molecule has 2 heterocycles. The lowest BCUT2D eigenvalue weighted by Gasteiger charge is -2.31. The molecule has 96 valence electrons. The third kappa shape index (κ3) is 2.13. The molecule has 2 unspecified atom stereocenters. The lowest BCUT2D eigenvalue weighted by atomic mass is 9.95. The first kappa shape index (κ1) is 11.7. The molecule has 4 heteroatoms. The van der Waals surface area contributed by atoms with Gasteiger partial charge in [0.05, 0.1) is 12.7 Å². The molecule has 1 amide bonds. The fourth-order valence-electron chi connectivity index (χ4n) is 2.69. The minimum Gasteiger partial charge on any atom is -0.371 e. The number of carbonyl (C=O) groups is 1. The van der Waals surface area contributed by atoms with Gasteiger partial charge in [-0.1, -0.05) is 12.1 Å². The number of aryl methyl sites for hydroxylation is 1. The van der Waals surface area contributed by atoms with Gasteiger partial charge in [-0.25, -0.2) is 0 Å². The van der Waals surface area contributed by atoms with Gasteiger partial charge in [-0.3, -0.25) is 4.79 Å². The Balaban J connectivity index is 1.87. The first-order chi connectivity index (χ1) is 8.74. The number of hydrogen-bond acceptors (Lipinski definition) is 3. The molecule has 2 aliphatic heterocycles. The lowest BCUT2D eigenvalue weighted by Crippen LogP contribution is -2.41. The van der Waals surface area contributed by atoms with E-state index in [0.29, 0.717) is 12.5 Å². The molecular weight excluding hydrogens is 228 g/mol. The summed E-state index contributed by atoms with van der Waals surface area (Å²) in [7, 11) is 0. The predicted molar refractivity (Wildman–Crippen MR) is 69.6 cm³/mol. The number of rotatable bonds is 1. The summed E-state index contributed by atoms with van der Waals surface area (Å²) in [4.78, 5) is 11.3. The molecule has 0 radical (unpaired) electrons. The first-order valence-corrected chi connectivity index (χ1v) is 6.52. The van der Waals surface area contributed by atoms with E-state index in [-0.39, 0.29) is 12.0 Å². The van der Waals surface area contributed by atoms with E-state index in [1.54, 1.807) is 0 Å². The third-order valence-corrected chi connectivity index (χ3v) is 3.67. The fourth-order valence-corrected chi connectivity index (χ4v) is 2.69. The Hall–Kier alpha value is -1.39. The maximum absolute atomic E-state index is 11.3. The number of hydrogen-bond donors (Lipinski definition) is 2. The van der Waals surface area contributed by atoms with Crippen molar-refractivity contribution in [3.63, 3.8) is 0 Å². The van der Waals surface area contributed by atoms with Crippen molar-refractivity contribution in [3.8, 4) is 0 Å². The summed E-state index contributed by atoms with van der Waals surface area (Å²) in [6.45, 7) is 3.81. The van der Waals surface area contributed by atoms with Crippen LogP contribution in [0.5, 0.6) is 0 Å². The first-order valence-electron chi connectivity index (χ1n) is 6.52. The van der Waals surface area contributed by atoms with Gasteiger partial charge in [0.25, 0.3) is 0 Å². The largest absolute Gasteiger partial charge is 0.371 e. The molecule has 1 saturated heterocycles. The lowest BCUT2D eigenvalue weighted by molar-refractivity contribution is -0.116. The van der Waals surface area contributed by atoms with Gasteiger partial charge >= 0.3 is 0 Å². The van der Waals surface area contributed by atoms with Crippen molar-refractivity contribution >= 4 is 11.6 Å². The van der Waals surface area contributed by atoms with Crippen molar-refractivity contribution in [1.29, 1.82) is 0 Å². The normalized spacial score (nSPS) is 27.5. The molecule has 0 saturated carbocycles. The van der Waals surface area contributed by atoms with Crippen LogP contribution in [0.1, 0.15) is 30.6 Å².